The molecule has 164 valence electrons. The van der Waals surface area contributed by atoms with Gasteiger partial charge in [0.15, 0.2) is 0 Å². The average molecular weight is 422 g/mol. The van der Waals surface area contributed by atoms with E-state index in [9.17, 15) is 9.59 Å². The van der Waals surface area contributed by atoms with Gasteiger partial charge in [-0.25, -0.2) is 0 Å². The molecule has 1 aromatic carbocycles. The molecule has 1 atom stereocenters. The second kappa shape index (κ2) is 10.2. The first-order valence-electron chi connectivity index (χ1n) is 10.7. The Morgan fingerprint density at radius 3 is 2.39 bits per heavy atom. The summed E-state index contributed by atoms with van der Waals surface area (Å²) in [4.78, 5) is 30.1. The van der Waals surface area contributed by atoms with Gasteiger partial charge in [-0.1, -0.05) is 24.6 Å². The van der Waals surface area contributed by atoms with Gasteiger partial charge >= 0.3 is 0 Å². The monoisotopic (exact) mass is 421 g/mol. The number of aromatic nitrogens is 1. The van der Waals surface area contributed by atoms with Crippen molar-refractivity contribution in [1.82, 2.24) is 14.4 Å². The number of carbonyl (C=O) groups is 2. The van der Waals surface area contributed by atoms with Crippen LogP contribution in [0, 0.1) is 6.92 Å². The van der Waals surface area contributed by atoms with E-state index in [4.69, 9.17) is 4.42 Å². The standard InChI is InChI=1S/C25H31N3O3/c1-5-20(3)28(25(30)21-12-10-19(2)11-13-21)18-24(29)27(17-23-9-7-15-31-23)16-22-8-6-14-26(22)4/h6-15,20H,5,16-18H2,1-4H3/t20-/m0/s1. The Labute approximate surface area is 184 Å². The first kappa shape index (κ1) is 22.4. The lowest BCUT2D eigenvalue weighted by molar-refractivity contribution is -0.134. The summed E-state index contributed by atoms with van der Waals surface area (Å²) >= 11 is 0. The van der Waals surface area contributed by atoms with Crippen molar-refractivity contribution in [3.05, 3.63) is 83.6 Å². The van der Waals surface area contributed by atoms with Crippen molar-refractivity contribution < 1.29 is 14.0 Å². The van der Waals surface area contributed by atoms with Crippen molar-refractivity contribution in [2.45, 2.75) is 46.3 Å². The van der Waals surface area contributed by atoms with Crippen LogP contribution in [-0.2, 0) is 24.9 Å². The molecule has 0 aliphatic rings. The van der Waals surface area contributed by atoms with E-state index in [0.717, 1.165) is 17.7 Å². The number of nitrogens with zero attached hydrogens (tertiary/aromatic N) is 3. The first-order chi connectivity index (χ1) is 14.9. The SMILES string of the molecule is CC[C@H](C)N(CC(=O)N(Cc1ccco1)Cc1cccn1C)C(=O)c1ccc(C)cc1. The van der Waals surface area contributed by atoms with Crippen molar-refractivity contribution >= 4 is 11.8 Å². The van der Waals surface area contributed by atoms with Gasteiger partial charge in [0.2, 0.25) is 5.91 Å². The van der Waals surface area contributed by atoms with E-state index in [1.165, 1.54) is 0 Å². The van der Waals surface area contributed by atoms with Gasteiger partial charge < -0.3 is 18.8 Å². The molecule has 6 nitrogen and oxygen atoms in total. The number of rotatable bonds is 9. The van der Waals surface area contributed by atoms with Gasteiger partial charge in [-0.2, -0.15) is 0 Å². The van der Waals surface area contributed by atoms with E-state index in [0.29, 0.717) is 24.4 Å². The van der Waals surface area contributed by atoms with Gasteiger partial charge in [0.1, 0.15) is 12.3 Å². The molecule has 0 saturated heterocycles. The van der Waals surface area contributed by atoms with Gasteiger partial charge in [0.05, 0.1) is 19.4 Å². The molecule has 2 aromatic heterocycles. The highest BCUT2D eigenvalue weighted by Crippen LogP contribution is 2.16. The van der Waals surface area contributed by atoms with Gasteiger partial charge in [-0.3, -0.25) is 9.59 Å². The Morgan fingerprint density at radius 2 is 1.81 bits per heavy atom. The van der Waals surface area contributed by atoms with E-state index >= 15 is 0 Å². The zero-order valence-corrected chi connectivity index (χ0v) is 18.7. The van der Waals surface area contributed by atoms with Crippen LogP contribution in [0.1, 0.15) is 47.6 Å². The second-order valence-corrected chi connectivity index (χ2v) is 8.00. The minimum Gasteiger partial charge on any atom is -0.467 e. The van der Waals surface area contributed by atoms with Crippen LogP contribution in [0.25, 0.3) is 0 Å². The van der Waals surface area contributed by atoms with Gasteiger partial charge in [0.25, 0.3) is 5.91 Å². The predicted molar refractivity (Wildman–Crippen MR) is 120 cm³/mol. The molecule has 0 saturated carbocycles. The number of furan rings is 1. The normalized spacial score (nSPS) is 11.9. The van der Waals surface area contributed by atoms with E-state index < -0.39 is 0 Å². The third kappa shape index (κ3) is 5.66. The largest absolute Gasteiger partial charge is 0.467 e. The molecule has 0 radical (unpaired) electrons. The van der Waals surface area contributed by atoms with Crippen LogP contribution in [0.2, 0.25) is 0 Å². The minimum atomic E-state index is -0.125. The summed E-state index contributed by atoms with van der Waals surface area (Å²) in [6.07, 6.45) is 4.32. The summed E-state index contributed by atoms with van der Waals surface area (Å²) in [5.41, 5.74) is 2.70. The molecule has 0 bridgehead atoms. The molecule has 3 rings (SSSR count). The number of aryl methyl sites for hydroxylation is 2. The summed E-state index contributed by atoms with van der Waals surface area (Å²) in [6.45, 7) is 6.80. The summed E-state index contributed by atoms with van der Waals surface area (Å²) < 4.78 is 7.48. The van der Waals surface area contributed by atoms with Crippen molar-refractivity contribution in [3.8, 4) is 0 Å². The molecular formula is C25H31N3O3. The van der Waals surface area contributed by atoms with E-state index in [1.54, 1.807) is 16.1 Å². The maximum atomic E-state index is 13.4. The number of benzene rings is 1. The van der Waals surface area contributed by atoms with Gasteiger partial charge in [-0.15, -0.1) is 0 Å². The van der Waals surface area contributed by atoms with Crippen molar-refractivity contribution in [1.29, 1.82) is 0 Å². The molecule has 0 spiro atoms. The predicted octanol–water partition coefficient (Wildman–Crippen LogP) is 4.40. The Balaban J connectivity index is 1.82. The zero-order valence-electron chi connectivity index (χ0n) is 18.7. The first-order valence-corrected chi connectivity index (χ1v) is 10.7. The van der Waals surface area contributed by atoms with Crippen molar-refractivity contribution in [2.24, 2.45) is 7.05 Å². The fraction of sp³-hybridized carbons (Fsp3) is 0.360. The Morgan fingerprint density at radius 1 is 1.06 bits per heavy atom. The summed E-state index contributed by atoms with van der Waals surface area (Å²) in [5, 5.41) is 0. The molecular weight excluding hydrogens is 390 g/mol. The number of carbonyl (C=O) groups excluding carboxylic acids is 2. The molecule has 3 aromatic rings. The molecule has 0 aliphatic heterocycles. The maximum Gasteiger partial charge on any atom is 0.254 e. The quantitative estimate of drug-likeness (QED) is 0.515. The van der Waals surface area contributed by atoms with Crippen LogP contribution >= 0.6 is 0 Å². The van der Waals surface area contributed by atoms with Crippen LogP contribution in [-0.4, -0.2) is 38.8 Å². The summed E-state index contributed by atoms with van der Waals surface area (Å²) in [7, 11) is 1.96. The van der Waals surface area contributed by atoms with Crippen LogP contribution < -0.4 is 0 Å². The smallest absolute Gasteiger partial charge is 0.254 e. The fourth-order valence-corrected chi connectivity index (χ4v) is 3.44. The Kier molecular flexibility index (Phi) is 7.34. The third-order valence-electron chi connectivity index (χ3n) is 5.67. The molecule has 2 heterocycles. The van der Waals surface area contributed by atoms with E-state index in [1.807, 2.05) is 87.1 Å². The average Bonchev–Trinajstić information content (AvgIpc) is 3.42. The molecule has 6 heteroatoms. The topological polar surface area (TPSA) is 58.7 Å². The molecule has 0 fully saturated rings. The Bertz CT molecular complexity index is 989. The minimum absolute atomic E-state index is 0.0207. The molecule has 0 aliphatic carbocycles. The maximum absolute atomic E-state index is 13.4. The van der Waals surface area contributed by atoms with Crippen molar-refractivity contribution in [3.63, 3.8) is 0 Å². The lowest BCUT2D eigenvalue weighted by Crippen LogP contribution is -2.46. The lowest BCUT2D eigenvalue weighted by atomic mass is 10.1. The highest BCUT2D eigenvalue weighted by atomic mass is 16.3. The Hall–Kier alpha value is -3.28. The van der Waals surface area contributed by atoms with Crippen LogP contribution in [0.3, 0.4) is 0 Å². The molecule has 0 unspecified atom stereocenters. The van der Waals surface area contributed by atoms with Gasteiger partial charge in [-0.05, 0) is 56.7 Å². The molecule has 31 heavy (non-hydrogen) atoms. The number of hydrogen-bond acceptors (Lipinski definition) is 3. The molecule has 2 amide bonds. The second-order valence-electron chi connectivity index (χ2n) is 8.00. The number of amides is 2. The van der Waals surface area contributed by atoms with E-state index in [-0.39, 0.29) is 24.4 Å². The van der Waals surface area contributed by atoms with E-state index in [2.05, 4.69) is 0 Å². The van der Waals surface area contributed by atoms with Crippen LogP contribution in [0.5, 0.6) is 0 Å². The third-order valence-corrected chi connectivity index (χ3v) is 5.67. The summed E-state index contributed by atoms with van der Waals surface area (Å²) in [5.74, 6) is 0.473. The fourth-order valence-electron chi connectivity index (χ4n) is 3.44. The molecule has 0 N–H and O–H groups in total. The highest BCUT2D eigenvalue weighted by Gasteiger charge is 2.26. The van der Waals surface area contributed by atoms with Crippen LogP contribution in [0.15, 0.2) is 65.4 Å². The zero-order chi connectivity index (χ0) is 22.4. The number of hydrogen-bond donors (Lipinski definition) is 0. The highest BCUT2D eigenvalue weighted by molar-refractivity contribution is 5.96. The van der Waals surface area contributed by atoms with Crippen LogP contribution in [0.4, 0.5) is 0 Å². The summed E-state index contributed by atoms with van der Waals surface area (Å²) in [6, 6.07) is 15.0. The van der Waals surface area contributed by atoms with Gasteiger partial charge in [0, 0.05) is 30.5 Å². The lowest BCUT2D eigenvalue weighted by Gasteiger charge is -2.31. The van der Waals surface area contributed by atoms with Crippen molar-refractivity contribution in [2.75, 3.05) is 6.54 Å².